The predicted molar refractivity (Wildman–Crippen MR) is 81.9 cm³/mol. The number of benzene rings is 1. The Hall–Kier alpha value is -2.08. The lowest BCUT2D eigenvalue weighted by molar-refractivity contribution is 0.231. The molecule has 0 saturated carbocycles. The summed E-state index contributed by atoms with van der Waals surface area (Å²) >= 11 is 0. The minimum atomic E-state index is -0.229. The van der Waals surface area contributed by atoms with Crippen molar-refractivity contribution in [1.82, 2.24) is 20.6 Å². The maximum atomic E-state index is 11.8. The molecule has 1 aromatic carbocycles. The van der Waals surface area contributed by atoms with Gasteiger partial charge in [0.2, 0.25) is 0 Å². The zero-order chi connectivity index (χ0) is 15.2. The number of rotatable bonds is 6. The van der Waals surface area contributed by atoms with Gasteiger partial charge in [0, 0.05) is 13.2 Å². The van der Waals surface area contributed by atoms with Crippen LogP contribution in [0.4, 0.5) is 4.79 Å². The molecule has 2 atom stereocenters. The lowest BCUT2D eigenvalue weighted by Gasteiger charge is -2.15. The number of amides is 2. The Morgan fingerprint density at radius 1 is 1.38 bits per heavy atom. The first-order chi connectivity index (χ1) is 10.1. The Balaban J connectivity index is 1.88. The third-order valence-corrected chi connectivity index (χ3v) is 3.40. The Morgan fingerprint density at radius 2 is 2.14 bits per heavy atom. The van der Waals surface area contributed by atoms with Crippen LogP contribution in [0.1, 0.15) is 32.1 Å². The smallest absolute Gasteiger partial charge is 0.315 e. The molecule has 4 N–H and O–H groups in total. The molecule has 2 rings (SSSR count). The zero-order valence-electron chi connectivity index (χ0n) is 12.4. The quantitative estimate of drug-likeness (QED) is 0.655. The fourth-order valence-electron chi connectivity index (χ4n) is 2.08. The van der Waals surface area contributed by atoms with Crippen LogP contribution in [-0.4, -0.2) is 34.3 Å². The monoisotopic (exact) mass is 290 g/mol. The van der Waals surface area contributed by atoms with Crippen LogP contribution >= 0.6 is 0 Å². The van der Waals surface area contributed by atoms with E-state index in [9.17, 15) is 4.79 Å². The van der Waals surface area contributed by atoms with Gasteiger partial charge in [0.25, 0.3) is 0 Å². The number of aliphatic hydroxyl groups is 1. The van der Waals surface area contributed by atoms with E-state index in [0.29, 0.717) is 13.0 Å². The number of aromatic amines is 1. The van der Waals surface area contributed by atoms with E-state index in [4.69, 9.17) is 5.11 Å². The van der Waals surface area contributed by atoms with E-state index in [1.165, 1.54) is 0 Å². The molecule has 2 amide bonds. The minimum absolute atomic E-state index is 0.139. The van der Waals surface area contributed by atoms with Crippen molar-refractivity contribution in [2.24, 2.45) is 5.92 Å². The van der Waals surface area contributed by atoms with Crippen LogP contribution in [0.25, 0.3) is 11.0 Å². The normalized spacial score (nSPS) is 13.9. The van der Waals surface area contributed by atoms with Crippen LogP contribution in [0.5, 0.6) is 0 Å². The number of H-pyrrole nitrogens is 1. The molecule has 0 bridgehead atoms. The lowest BCUT2D eigenvalue weighted by Crippen LogP contribution is -2.39. The summed E-state index contributed by atoms with van der Waals surface area (Å²) in [6, 6.07) is 7.32. The molecule has 0 aliphatic rings. The fourth-order valence-corrected chi connectivity index (χ4v) is 2.08. The molecule has 0 aliphatic heterocycles. The van der Waals surface area contributed by atoms with E-state index in [2.05, 4.69) is 20.6 Å². The van der Waals surface area contributed by atoms with Crippen LogP contribution in [0.3, 0.4) is 0 Å². The molecular weight excluding hydrogens is 268 g/mol. The van der Waals surface area contributed by atoms with Gasteiger partial charge in [0.05, 0.1) is 17.1 Å². The number of imidazole rings is 1. The summed E-state index contributed by atoms with van der Waals surface area (Å²) in [6.45, 7) is 4.55. The van der Waals surface area contributed by atoms with Gasteiger partial charge in [-0.15, -0.1) is 0 Å². The summed E-state index contributed by atoms with van der Waals surface area (Å²) in [5.41, 5.74) is 1.84. The molecule has 0 radical (unpaired) electrons. The van der Waals surface area contributed by atoms with E-state index in [0.717, 1.165) is 16.9 Å². The average Bonchev–Trinajstić information content (AvgIpc) is 2.89. The van der Waals surface area contributed by atoms with Crippen molar-refractivity contribution in [3.05, 3.63) is 30.1 Å². The summed E-state index contributed by atoms with van der Waals surface area (Å²) in [5, 5.41) is 14.5. The number of hydrogen-bond donors (Lipinski definition) is 4. The largest absolute Gasteiger partial charge is 0.396 e. The third-order valence-electron chi connectivity index (χ3n) is 3.40. The number of aliphatic hydroxyl groups excluding tert-OH is 1. The summed E-state index contributed by atoms with van der Waals surface area (Å²) in [6.07, 6.45) is 0.680. The Morgan fingerprint density at radius 3 is 2.86 bits per heavy atom. The van der Waals surface area contributed by atoms with Gasteiger partial charge in [0.1, 0.15) is 5.82 Å². The number of aromatic nitrogens is 2. The van der Waals surface area contributed by atoms with E-state index in [-0.39, 0.29) is 24.6 Å². The van der Waals surface area contributed by atoms with Crippen molar-refractivity contribution in [1.29, 1.82) is 0 Å². The van der Waals surface area contributed by atoms with Crippen LogP contribution in [-0.2, 0) is 0 Å². The Kier molecular flexibility index (Phi) is 5.16. The number of hydrogen-bond acceptors (Lipinski definition) is 3. The van der Waals surface area contributed by atoms with E-state index >= 15 is 0 Å². The molecule has 0 fully saturated rings. The molecule has 6 heteroatoms. The van der Waals surface area contributed by atoms with Gasteiger partial charge in [-0.3, -0.25) is 0 Å². The molecule has 0 aliphatic carbocycles. The maximum Gasteiger partial charge on any atom is 0.315 e. The van der Waals surface area contributed by atoms with E-state index in [1.54, 1.807) is 0 Å². The van der Waals surface area contributed by atoms with Crippen molar-refractivity contribution in [3.63, 3.8) is 0 Å². The van der Waals surface area contributed by atoms with Gasteiger partial charge in [-0.05, 0) is 31.4 Å². The average molecular weight is 290 g/mol. The van der Waals surface area contributed by atoms with Crippen LogP contribution in [0.15, 0.2) is 24.3 Å². The van der Waals surface area contributed by atoms with Gasteiger partial charge in [-0.1, -0.05) is 19.1 Å². The SMILES string of the molecule is CC(CCO)CNC(=O)NC(C)c1nc2ccccc2[nH]1. The molecule has 21 heavy (non-hydrogen) atoms. The standard InChI is InChI=1S/C15H22N4O2/c1-10(7-8-20)9-16-15(21)17-11(2)14-18-12-5-3-4-6-13(12)19-14/h3-6,10-11,20H,7-9H2,1-2H3,(H,18,19)(H2,16,17,21). The van der Waals surface area contributed by atoms with Gasteiger partial charge < -0.3 is 20.7 Å². The number of para-hydroxylation sites is 2. The molecule has 0 saturated heterocycles. The molecule has 114 valence electrons. The predicted octanol–water partition coefficient (Wildman–Crippen LogP) is 1.94. The Bertz CT molecular complexity index is 563. The lowest BCUT2D eigenvalue weighted by atomic mass is 10.1. The first kappa shape index (κ1) is 15.3. The topological polar surface area (TPSA) is 90.0 Å². The second-order valence-corrected chi connectivity index (χ2v) is 5.33. The second kappa shape index (κ2) is 7.08. The summed E-state index contributed by atoms with van der Waals surface area (Å²) < 4.78 is 0. The summed E-state index contributed by atoms with van der Waals surface area (Å²) in [7, 11) is 0. The first-order valence-corrected chi connectivity index (χ1v) is 7.20. The number of urea groups is 1. The Labute approximate surface area is 124 Å². The minimum Gasteiger partial charge on any atom is -0.396 e. The van der Waals surface area contributed by atoms with Crippen molar-refractivity contribution in [3.8, 4) is 0 Å². The third kappa shape index (κ3) is 4.19. The van der Waals surface area contributed by atoms with E-state index < -0.39 is 0 Å². The first-order valence-electron chi connectivity index (χ1n) is 7.20. The van der Waals surface area contributed by atoms with E-state index in [1.807, 2.05) is 38.1 Å². The molecule has 0 spiro atoms. The molecule has 6 nitrogen and oxygen atoms in total. The van der Waals surface area contributed by atoms with Gasteiger partial charge in [-0.2, -0.15) is 0 Å². The fraction of sp³-hybridized carbons (Fsp3) is 0.467. The zero-order valence-corrected chi connectivity index (χ0v) is 12.4. The second-order valence-electron chi connectivity index (χ2n) is 5.33. The van der Waals surface area contributed by atoms with Crippen molar-refractivity contribution < 1.29 is 9.90 Å². The highest BCUT2D eigenvalue weighted by Crippen LogP contribution is 2.15. The highest BCUT2D eigenvalue weighted by atomic mass is 16.3. The highest BCUT2D eigenvalue weighted by molar-refractivity contribution is 5.76. The van der Waals surface area contributed by atoms with Crippen LogP contribution < -0.4 is 10.6 Å². The number of fused-ring (bicyclic) bond motifs is 1. The number of nitrogens with zero attached hydrogens (tertiary/aromatic N) is 1. The van der Waals surface area contributed by atoms with Gasteiger partial charge in [-0.25, -0.2) is 9.78 Å². The molecular formula is C15H22N4O2. The summed E-state index contributed by atoms with van der Waals surface area (Å²) in [4.78, 5) is 19.5. The number of carbonyl (C=O) groups excluding carboxylic acids is 1. The summed E-state index contributed by atoms with van der Waals surface area (Å²) in [5.74, 6) is 0.983. The molecule has 2 unspecified atom stereocenters. The molecule has 2 aromatic rings. The maximum absolute atomic E-state index is 11.8. The number of carbonyl (C=O) groups is 1. The van der Waals surface area contributed by atoms with Crippen molar-refractivity contribution in [2.75, 3.05) is 13.2 Å². The number of nitrogens with one attached hydrogen (secondary N) is 3. The van der Waals surface area contributed by atoms with Crippen LogP contribution in [0.2, 0.25) is 0 Å². The van der Waals surface area contributed by atoms with Gasteiger partial charge in [0.15, 0.2) is 0 Å². The molecule has 1 heterocycles. The van der Waals surface area contributed by atoms with Crippen molar-refractivity contribution in [2.45, 2.75) is 26.3 Å². The van der Waals surface area contributed by atoms with Crippen molar-refractivity contribution >= 4 is 17.1 Å². The molecule has 1 aromatic heterocycles. The van der Waals surface area contributed by atoms with Gasteiger partial charge >= 0.3 is 6.03 Å². The van der Waals surface area contributed by atoms with Crippen LogP contribution in [0, 0.1) is 5.92 Å². The highest BCUT2D eigenvalue weighted by Gasteiger charge is 2.13.